The predicted octanol–water partition coefficient (Wildman–Crippen LogP) is 1.30. The highest BCUT2D eigenvalue weighted by atomic mass is 16.3. The number of hydrogen-bond acceptors (Lipinski definition) is 3. The lowest BCUT2D eigenvalue weighted by molar-refractivity contribution is 0.0889. The van der Waals surface area contributed by atoms with Crippen LogP contribution >= 0.6 is 0 Å². The minimum absolute atomic E-state index is 0.0546. The molecule has 1 aliphatic carbocycles. The molecule has 1 aromatic rings. The van der Waals surface area contributed by atoms with Crippen LogP contribution in [0.25, 0.3) is 0 Å². The van der Waals surface area contributed by atoms with E-state index in [1.807, 2.05) is 24.6 Å². The molecule has 0 radical (unpaired) electrons. The summed E-state index contributed by atoms with van der Waals surface area (Å²) in [6.07, 6.45) is 4.56. The third-order valence-corrected chi connectivity index (χ3v) is 3.23. The number of amides is 1. The number of aromatic nitrogens is 1. The molecule has 0 saturated heterocycles. The summed E-state index contributed by atoms with van der Waals surface area (Å²) in [5.41, 5.74) is 6.58. The van der Waals surface area contributed by atoms with Gasteiger partial charge in [-0.05, 0) is 39.2 Å². The van der Waals surface area contributed by atoms with Gasteiger partial charge in [0.25, 0.3) is 5.91 Å². The fourth-order valence-electron chi connectivity index (χ4n) is 2.05. The molecule has 0 spiro atoms. The average molecular weight is 251 g/mol. The summed E-state index contributed by atoms with van der Waals surface area (Å²) in [7, 11) is 0. The molecule has 1 amide bonds. The van der Waals surface area contributed by atoms with Crippen LogP contribution in [0, 0.1) is 0 Å². The lowest BCUT2D eigenvalue weighted by Gasteiger charge is -2.25. The molecule has 1 fully saturated rings. The maximum Gasteiger partial charge on any atom is 0.268 e. The Labute approximate surface area is 107 Å². The quantitative estimate of drug-likeness (QED) is 0.737. The van der Waals surface area contributed by atoms with Crippen molar-refractivity contribution in [3.8, 4) is 0 Å². The minimum atomic E-state index is -0.417. The number of aliphatic hydroxyl groups excluding tert-OH is 1. The van der Waals surface area contributed by atoms with Crippen molar-refractivity contribution in [2.24, 2.45) is 0 Å². The molecule has 1 saturated carbocycles. The fraction of sp³-hybridized carbons (Fsp3) is 0.615. The summed E-state index contributed by atoms with van der Waals surface area (Å²) in [4.78, 5) is 12.2. The van der Waals surface area contributed by atoms with Crippen molar-refractivity contribution in [1.29, 1.82) is 0 Å². The zero-order valence-corrected chi connectivity index (χ0v) is 10.9. The number of nitrogen functional groups attached to an aromatic ring is 1. The molecule has 4 N–H and O–H groups in total. The summed E-state index contributed by atoms with van der Waals surface area (Å²) in [5, 5.41) is 11.9. The molecule has 5 nitrogen and oxygen atoms in total. The van der Waals surface area contributed by atoms with Crippen LogP contribution < -0.4 is 11.1 Å². The van der Waals surface area contributed by atoms with Crippen molar-refractivity contribution < 1.29 is 9.90 Å². The van der Waals surface area contributed by atoms with E-state index in [1.165, 1.54) is 0 Å². The van der Waals surface area contributed by atoms with Gasteiger partial charge >= 0.3 is 0 Å². The van der Waals surface area contributed by atoms with Gasteiger partial charge in [0.05, 0.1) is 5.69 Å². The molecule has 18 heavy (non-hydrogen) atoms. The highest BCUT2D eigenvalue weighted by Crippen LogP contribution is 2.37. The monoisotopic (exact) mass is 251 g/mol. The van der Waals surface area contributed by atoms with Gasteiger partial charge in [-0.25, -0.2) is 0 Å². The van der Waals surface area contributed by atoms with Gasteiger partial charge in [-0.15, -0.1) is 0 Å². The Morgan fingerprint density at radius 3 is 2.83 bits per heavy atom. The molecule has 1 aromatic heterocycles. The molecule has 1 heterocycles. The lowest BCUT2D eigenvalue weighted by atomic mass is 10.0. The smallest absolute Gasteiger partial charge is 0.268 e. The number of nitrogens with zero attached hydrogens (tertiary/aromatic N) is 1. The largest absolute Gasteiger partial charge is 0.397 e. The first-order valence-corrected chi connectivity index (χ1v) is 6.34. The number of rotatable bonds is 5. The predicted molar refractivity (Wildman–Crippen MR) is 70.4 cm³/mol. The summed E-state index contributed by atoms with van der Waals surface area (Å²) in [5.74, 6) is -0.128. The van der Waals surface area contributed by atoms with E-state index in [0.717, 1.165) is 12.8 Å². The van der Waals surface area contributed by atoms with Crippen molar-refractivity contribution in [3.63, 3.8) is 0 Å². The van der Waals surface area contributed by atoms with Crippen LogP contribution in [0.15, 0.2) is 12.3 Å². The van der Waals surface area contributed by atoms with Crippen molar-refractivity contribution in [3.05, 3.63) is 18.0 Å². The summed E-state index contributed by atoms with van der Waals surface area (Å²) < 4.78 is 1.96. The highest BCUT2D eigenvalue weighted by molar-refractivity contribution is 5.94. The van der Waals surface area contributed by atoms with Crippen molar-refractivity contribution in [2.75, 3.05) is 12.3 Å². The van der Waals surface area contributed by atoms with Crippen LogP contribution in [-0.2, 0) is 0 Å². The molecule has 0 unspecified atom stereocenters. The second-order valence-corrected chi connectivity index (χ2v) is 5.61. The van der Waals surface area contributed by atoms with Crippen LogP contribution in [0.5, 0.6) is 0 Å². The van der Waals surface area contributed by atoms with Crippen molar-refractivity contribution in [2.45, 2.75) is 44.7 Å². The molecule has 0 aromatic carbocycles. The number of aliphatic hydroxyl groups is 1. The lowest BCUT2D eigenvalue weighted by Crippen LogP contribution is -2.44. The molecule has 2 rings (SSSR count). The molecule has 100 valence electrons. The zero-order valence-electron chi connectivity index (χ0n) is 10.9. The van der Waals surface area contributed by atoms with Crippen LogP contribution in [0.2, 0.25) is 0 Å². The van der Waals surface area contributed by atoms with E-state index in [-0.39, 0.29) is 12.5 Å². The van der Waals surface area contributed by atoms with E-state index in [9.17, 15) is 4.79 Å². The Morgan fingerprint density at radius 1 is 1.61 bits per heavy atom. The topological polar surface area (TPSA) is 80.3 Å². The van der Waals surface area contributed by atoms with Gasteiger partial charge in [-0.2, -0.15) is 0 Å². The summed E-state index contributed by atoms with van der Waals surface area (Å²) in [6.45, 7) is 3.85. The normalized spacial score (nSPS) is 15.7. The Bertz CT molecular complexity index is 447. The molecule has 5 heteroatoms. The average Bonchev–Trinajstić information content (AvgIpc) is 3.01. The Kier molecular flexibility index (Phi) is 3.34. The van der Waals surface area contributed by atoms with E-state index < -0.39 is 5.54 Å². The van der Waals surface area contributed by atoms with E-state index in [4.69, 9.17) is 10.8 Å². The van der Waals surface area contributed by atoms with Gasteiger partial charge < -0.3 is 20.7 Å². The third-order valence-electron chi connectivity index (χ3n) is 3.23. The number of anilines is 1. The summed E-state index contributed by atoms with van der Waals surface area (Å²) in [6, 6.07) is 2.13. The number of carbonyl (C=O) groups excluding carboxylic acids is 1. The van der Waals surface area contributed by atoms with Crippen LogP contribution in [-0.4, -0.2) is 27.7 Å². The van der Waals surface area contributed by atoms with E-state index in [1.54, 1.807) is 6.07 Å². The van der Waals surface area contributed by atoms with Crippen LogP contribution in [0.1, 0.15) is 49.6 Å². The first-order valence-electron chi connectivity index (χ1n) is 6.34. The number of hydrogen-bond donors (Lipinski definition) is 3. The van der Waals surface area contributed by atoms with Gasteiger partial charge in [0, 0.05) is 24.4 Å². The number of carbonyl (C=O) groups is 1. The molecule has 0 bridgehead atoms. The van der Waals surface area contributed by atoms with E-state index >= 15 is 0 Å². The molecule has 0 atom stereocenters. The first-order chi connectivity index (χ1) is 8.43. The van der Waals surface area contributed by atoms with E-state index in [2.05, 4.69) is 5.32 Å². The van der Waals surface area contributed by atoms with Crippen LogP contribution in [0.4, 0.5) is 5.69 Å². The van der Waals surface area contributed by atoms with Gasteiger partial charge in [-0.3, -0.25) is 4.79 Å². The summed E-state index contributed by atoms with van der Waals surface area (Å²) >= 11 is 0. The van der Waals surface area contributed by atoms with Gasteiger partial charge in [0.2, 0.25) is 0 Å². The molecule has 0 aliphatic heterocycles. The van der Waals surface area contributed by atoms with Crippen molar-refractivity contribution in [1.82, 2.24) is 9.88 Å². The SMILES string of the molecule is CC(C)(CCO)NC(=O)c1cc(N)cn1C1CC1. The second-order valence-electron chi connectivity index (χ2n) is 5.61. The van der Waals surface area contributed by atoms with Gasteiger partial charge in [0.15, 0.2) is 0 Å². The first kappa shape index (κ1) is 13.0. The zero-order chi connectivity index (χ0) is 13.3. The third kappa shape index (κ3) is 2.85. The number of nitrogens with two attached hydrogens (primary N) is 1. The molecule has 1 aliphatic rings. The maximum absolute atomic E-state index is 12.2. The standard InChI is InChI=1S/C13H21N3O2/c1-13(2,5-6-17)15-12(18)11-7-9(14)8-16(11)10-3-4-10/h7-8,10,17H,3-6,14H2,1-2H3,(H,15,18). The second kappa shape index (κ2) is 4.65. The minimum Gasteiger partial charge on any atom is -0.397 e. The van der Waals surface area contributed by atoms with E-state index in [0.29, 0.717) is 23.8 Å². The van der Waals surface area contributed by atoms with Crippen molar-refractivity contribution >= 4 is 11.6 Å². The van der Waals surface area contributed by atoms with Crippen LogP contribution in [0.3, 0.4) is 0 Å². The number of nitrogens with one attached hydrogen (secondary N) is 1. The Balaban J connectivity index is 2.13. The molecular formula is C13H21N3O2. The maximum atomic E-state index is 12.2. The van der Waals surface area contributed by atoms with Gasteiger partial charge in [0.1, 0.15) is 5.69 Å². The van der Waals surface area contributed by atoms with Gasteiger partial charge in [-0.1, -0.05) is 0 Å². The highest BCUT2D eigenvalue weighted by Gasteiger charge is 2.29. The molecular weight excluding hydrogens is 230 g/mol. The fourth-order valence-corrected chi connectivity index (χ4v) is 2.05. The Hall–Kier alpha value is -1.49. The Morgan fingerprint density at radius 2 is 2.28 bits per heavy atom.